The number of nitrogens with one attached hydrogen (secondary N) is 1. The Balaban J connectivity index is 1.18. The Morgan fingerprint density at radius 1 is 1.00 bits per heavy atom. The van der Waals surface area contributed by atoms with Gasteiger partial charge in [-0.25, -0.2) is 15.0 Å². The molecule has 2 aliphatic rings. The third-order valence-electron chi connectivity index (χ3n) is 6.35. The highest BCUT2D eigenvalue weighted by Gasteiger charge is 2.38. The van der Waals surface area contributed by atoms with E-state index in [4.69, 9.17) is 11.6 Å². The zero-order valence-electron chi connectivity index (χ0n) is 19.4. The number of amides is 2. The third-order valence-corrected chi connectivity index (χ3v) is 6.60. The second kappa shape index (κ2) is 9.87. The van der Waals surface area contributed by atoms with E-state index in [2.05, 4.69) is 25.2 Å². The highest BCUT2D eigenvalue weighted by Crippen LogP contribution is 2.28. The van der Waals surface area contributed by atoms with E-state index >= 15 is 0 Å². The molecular formula is C25H26ClN7O2. The van der Waals surface area contributed by atoms with Gasteiger partial charge in [-0.05, 0) is 48.9 Å². The number of benzene rings is 1. The number of rotatable bonds is 5. The van der Waals surface area contributed by atoms with Crippen molar-refractivity contribution in [3.05, 3.63) is 65.6 Å². The van der Waals surface area contributed by atoms with Gasteiger partial charge < -0.3 is 20.0 Å². The zero-order valence-corrected chi connectivity index (χ0v) is 20.1. The fourth-order valence-corrected chi connectivity index (χ4v) is 4.61. The quantitative estimate of drug-likeness (QED) is 0.585. The average molecular weight is 492 g/mol. The number of halogens is 1. The minimum atomic E-state index is -0.332. The maximum absolute atomic E-state index is 13.2. The third kappa shape index (κ3) is 5.19. The van der Waals surface area contributed by atoms with Gasteiger partial charge in [0, 0.05) is 62.1 Å². The lowest BCUT2D eigenvalue weighted by atomic mass is 10.1. The lowest BCUT2D eigenvalue weighted by Gasteiger charge is -2.36. The van der Waals surface area contributed by atoms with E-state index in [1.54, 1.807) is 23.2 Å². The lowest BCUT2D eigenvalue weighted by molar-refractivity contribution is -0.136. The molecule has 2 saturated heterocycles. The van der Waals surface area contributed by atoms with Gasteiger partial charge in [0.2, 0.25) is 11.8 Å². The van der Waals surface area contributed by atoms with E-state index < -0.39 is 0 Å². The van der Waals surface area contributed by atoms with Gasteiger partial charge in [-0.2, -0.15) is 0 Å². The van der Waals surface area contributed by atoms with Crippen molar-refractivity contribution in [1.82, 2.24) is 19.9 Å². The number of carbonyl (C=O) groups excluding carboxylic acids is 2. The first-order chi connectivity index (χ1) is 17.0. The van der Waals surface area contributed by atoms with Gasteiger partial charge in [0.1, 0.15) is 23.8 Å². The molecule has 0 radical (unpaired) electrons. The van der Waals surface area contributed by atoms with Crippen LogP contribution in [0.2, 0.25) is 5.02 Å². The van der Waals surface area contributed by atoms with Crippen LogP contribution in [0.15, 0.2) is 55.0 Å². The first-order valence-corrected chi connectivity index (χ1v) is 12.0. The minimum Gasteiger partial charge on any atom is -0.353 e. The molecule has 1 atom stereocenters. The second-order valence-corrected chi connectivity index (χ2v) is 9.24. The summed E-state index contributed by atoms with van der Waals surface area (Å²) in [7, 11) is 0. The predicted octanol–water partition coefficient (Wildman–Crippen LogP) is 3.28. The molecule has 35 heavy (non-hydrogen) atoms. The van der Waals surface area contributed by atoms with Crippen molar-refractivity contribution in [3.63, 3.8) is 0 Å². The molecule has 1 aromatic carbocycles. The molecule has 0 spiro atoms. The molecule has 2 aliphatic heterocycles. The maximum Gasteiger partial charge on any atom is 0.228 e. The fourth-order valence-electron chi connectivity index (χ4n) is 4.48. The second-order valence-electron chi connectivity index (χ2n) is 8.80. The summed E-state index contributed by atoms with van der Waals surface area (Å²) in [5.41, 5.74) is 1.88. The topological polar surface area (TPSA) is 94.6 Å². The van der Waals surface area contributed by atoms with E-state index in [9.17, 15) is 9.59 Å². The molecule has 5 rings (SSSR count). The Morgan fingerprint density at radius 2 is 1.74 bits per heavy atom. The molecule has 0 saturated carbocycles. The van der Waals surface area contributed by atoms with Crippen molar-refractivity contribution in [2.24, 2.45) is 5.92 Å². The summed E-state index contributed by atoms with van der Waals surface area (Å²) >= 11 is 5.96. The molecule has 4 heterocycles. The Labute approximate surface area is 208 Å². The summed E-state index contributed by atoms with van der Waals surface area (Å²) < 4.78 is 0. The predicted molar refractivity (Wildman–Crippen MR) is 135 cm³/mol. The fraction of sp³-hybridized carbons (Fsp3) is 0.320. The van der Waals surface area contributed by atoms with E-state index in [1.807, 2.05) is 42.2 Å². The number of piperazine rings is 1. The molecule has 2 fully saturated rings. The Hall–Kier alpha value is -3.72. The number of anilines is 4. The van der Waals surface area contributed by atoms with Crippen molar-refractivity contribution >= 4 is 46.6 Å². The number of hydrogen-bond acceptors (Lipinski definition) is 7. The Bertz CT molecular complexity index is 1230. The van der Waals surface area contributed by atoms with Crippen LogP contribution in [0, 0.1) is 12.8 Å². The average Bonchev–Trinajstić information content (AvgIpc) is 3.26. The Kier molecular flexibility index (Phi) is 6.50. The number of nitrogens with zero attached hydrogens (tertiary/aromatic N) is 6. The summed E-state index contributed by atoms with van der Waals surface area (Å²) in [5.74, 6) is 1.86. The highest BCUT2D eigenvalue weighted by molar-refractivity contribution is 6.30. The van der Waals surface area contributed by atoms with Crippen molar-refractivity contribution < 1.29 is 9.59 Å². The first-order valence-electron chi connectivity index (χ1n) is 11.6. The van der Waals surface area contributed by atoms with Crippen LogP contribution in [0.3, 0.4) is 0 Å². The number of hydrogen-bond donors (Lipinski definition) is 1. The minimum absolute atomic E-state index is 0.0324. The van der Waals surface area contributed by atoms with Crippen LogP contribution in [0.4, 0.5) is 23.1 Å². The number of aryl methyl sites for hydroxylation is 1. The van der Waals surface area contributed by atoms with E-state index in [0.717, 1.165) is 22.9 Å². The number of aromatic nitrogens is 3. The largest absolute Gasteiger partial charge is 0.353 e. The van der Waals surface area contributed by atoms with Crippen molar-refractivity contribution in [3.8, 4) is 0 Å². The Morgan fingerprint density at radius 3 is 2.49 bits per heavy atom. The van der Waals surface area contributed by atoms with E-state index in [0.29, 0.717) is 43.6 Å². The smallest absolute Gasteiger partial charge is 0.228 e. The molecule has 0 bridgehead atoms. The molecule has 2 amide bonds. The summed E-state index contributed by atoms with van der Waals surface area (Å²) in [6.07, 6.45) is 3.51. The molecule has 10 heteroatoms. The standard InChI is InChI=1S/C25H26ClN7O2/c1-17-6-7-27-21(12-17)30-22-14-23(29-16-28-22)31-8-10-32(11-9-31)25(35)18-13-24(34)33(15-18)20-4-2-19(26)3-5-20/h2-7,12,14,16,18H,8-11,13,15H2,1H3,(H,27,28,29,30). The first kappa shape index (κ1) is 23.0. The van der Waals surface area contributed by atoms with E-state index in [1.165, 1.54) is 6.33 Å². The zero-order chi connectivity index (χ0) is 24.4. The van der Waals surface area contributed by atoms with Crippen LogP contribution < -0.4 is 15.1 Å². The van der Waals surface area contributed by atoms with E-state index in [-0.39, 0.29) is 24.2 Å². The van der Waals surface area contributed by atoms with Crippen LogP contribution in [-0.2, 0) is 9.59 Å². The van der Waals surface area contributed by atoms with Gasteiger partial charge in [-0.3, -0.25) is 9.59 Å². The molecule has 2 aromatic heterocycles. The monoisotopic (exact) mass is 491 g/mol. The van der Waals surface area contributed by atoms with Crippen LogP contribution in [0.5, 0.6) is 0 Å². The molecule has 9 nitrogen and oxygen atoms in total. The van der Waals surface area contributed by atoms with Gasteiger partial charge in [-0.1, -0.05) is 11.6 Å². The molecule has 180 valence electrons. The van der Waals surface area contributed by atoms with Crippen LogP contribution in [-0.4, -0.2) is 64.4 Å². The highest BCUT2D eigenvalue weighted by atomic mass is 35.5. The molecule has 1 unspecified atom stereocenters. The molecule has 3 aromatic rings. The van der Waals surface area contributed by atoms with Gasteiger partial charge in [0.05, 0.1) is 5.92 Å². The number of carbonyl (C=O) groups is 2. The summed E-state index contributed by atoms with van der Waals surface area (Å²) in [6, 6.07) is 12.9. The van der Waals surface area contributed by atoms with Crippen molar-refractivity contribution in [1.29, 1.82) is 0 Å². The summed E-state index contributed by atoms with van der Waals surface area (Å²) in [6.45, 7) is 4.88. The normalized spacial score (nSPS) is 18.2. The van der Waals surface area contributed by atoms with Gasteiger partial charge in [0.25, 0.3) is 0 Å². The number of pyridine rings is 1. The van der Waals surface area contributed by atoms with Gasteiger partial charge in [-0.15, -0.1) is 0 Å². The summed E-state index contributed by atoms with van der Waals surface area (Å²) in [4.78, 5) is 44.4. The van der Waals surface area contributed by atoms with Crippen molar-refractivity contribution in [2.45, 2.75) is 13.3 Å². The van der Waals surface area contributed by atoms with Crippen LogP contribution >= 0.6 is 11.6 Å². The van der Waals surface area contributed by atoms with Crippen LogP contribution in [0.25, 0.3) is 0 Å². The van der Waals surface area contributed by atoms with Crippen LogP contribution in [0.1, 0.15) is 12.0 Å². The van der Waals surface area contributed by atoms with Crippen molar-refractivity contribution in [2.75, 3.05) is 47.8 Å². The molecule has 1 N–H and O–H groups in total. The maximum atomic E-state index is 13.2. The SMILES string of the molecule is Cc1ccnc(Nc2cc(N3CCN(C(=O)C4CC(=O)N(c5ccc(Cl)cc5)C4)CC3)ncn2)c1. The lowest BCUT2D eigenvalue weighted by Crippen LogP contribution is -2.51. The molecule has 0 aliphatic carbocycles. The van der Waals surface area contributed by atoms with Gasteiger partial charge in [0.15, 0.2) is 0 Å². The van der Waals surface area contributed by atoms with Gasteiger partial charge >= 0.3 is 0 Å². The summed E-state index contributed by atoms with van der Waals surface area (Å²) in [5, 5.41) is 3.83. The molecular weight excluding hydrogens is 466 g/mol.